The van der Waals surface area contributed by atoms with E-state index in [9.17, 15) is 13.2 Å². The number of esters is 1. The van der Waals surface area contributed by atoms with Gasteiger partial charge < -0.3 is 14.8 Å². The second-order valence-electron chi connectivity index (χ2n) is 5.56. The lowest BCUT2D eigenvalue weighted by Crippen LogP contribution is -2.10. The summed E-state index contributed by atoms with van der Waals surface area (Å²) < 4.78 is 34.2. The summed E-state index contributed by atoms with van der Waals surface area (Å²) in [5.41, 5.74) is 0.646. The van der Waals surface area contributed by atoms with E-state index in [0.717, 1.165) is 37.6 Å². The largest absolute Gasteiger partial charge is 0.495 e. The molecule has 0 radical (unpaired) electrons. The number of carbonyl (C=O) groups is 1. The number of benzene rings is 1. The molecule has 0 fully saturated rings. The van der Waals surface area contributed by atoms with Crippen LogP contribution in [0.5, 0.6) is 5.75 Å². The zero-order chi connectivity index (χ0) is 19.6. The van der Waals surface area contributed by atoms with E-state index in [1.54, 1.807) is 0 Å². The van der Waals surface area contributed by atoms with Crippen molar-refractivity contribution >= 4 is 21.9 Å². The molecule has 1 heterocycles. The minimum atomic E-state index is -3.43. The number of sulfone groups is 1. The normalized spacial score (nSPS) is 13.5. The number of ether oxygens (including phenoxy) is 2. The zero-order valence-electron chi connectivity index (χ0n) is 16.0. The van der Waals surface area contributed by atoms with Crippen molar-refractivity contribution in [2.24, 2.45) is 0 Å². The zero-order valence-corrected chi connectivity index (χ0v) is 16.8. The first-order chi connectivity index (χ1) is 12.5. The van der Waals surface area contributed by atoms with Crippen molar-refractivity contribution in [3.05, 3.63) is 28.7 Å². The van der Waals surface area contributed by atoms with Crippen molar-refractivity contribution in [2.75, 3.05) is 27.3 Å². The molecule has 0 atom stereocenters. The van der Waals surface area contributed by atoms with Gasteiger partial charge in [0.15, 0.2) is 0 Å². The highest BCUT2D eigenvalue weighted by Crippen LogP contribution is 2.36. The van der Waals surface area contributed by atoms with Crippen molar-refractivity contribution in [1.29, 1.82) is 0 Å². The van der Waals surface area contributed by atoms with E-state index in [4.69, 9.17) is 9.47 Å². The van der Waals surface area contributed by atoms with Gasteiger partial charge in [-0.2, -0.15) is 0 Å². The van der Waals surface area contributed by atoms with E-state index in [-0.39, 0.29) is 16.2 Å². The minimum absolute atomic E-state index is 0.153. The van der Waals surface area contributed by atoms with E-state index >= 15 is 0 Å². The van der Waals surface area contributed by atoms with Crippen LogP contribution in [-0.2, 0) is 14.6 Å². The summed E-state index contributed by atoms with van der Waals surface area (Å²) in [6.45, 7) is 5.33. The van der Waals surface area contributed by atoms with E-state index in [1.165, 1.54) is 25.3 Å². The Morgan fingerprint density at radius 1 is 1.12 bits per heavy atom. The number of hydrogen-bond donors (Lipinski definition) is 1. The molecule has 0 spiro atoms. The lowest BCUT2D eigenvalue weighted by molar-refractivity contribution is 0.0494. The van der Waals surface area contributed by atoms with Crippen molar-refractivity contribution in [3.8, 4) is 5.75 Å². The Kier molecular flexibility index (Phi) is 9.37. The number of carbonyl (C=O) groups excluding carboxylic acids is 1. The fourth-order valence-electron chi connectivity index (χ4n) is 2.60. The average molecular weight is 384 g/mol. The van der Waals surface area contributed by atoms with E-state index in [2.05, 4.69) is 5.32 Å². The predicted octanol–water partition coefficient (Wildman–Crippen LogP) is 3.42. The molecule has 0 unspecified atom stereocenters. The molecule has 0 saturated heterocycles. The van der Waals surface area contributed by atoms with Gasteiger partial charge in [-0.15, -0.1) is 0 Å². The van der Waals surface area contributed by atoms with Gasteiger partial charge in [0.25, 0.3) is 0 Å². The van der Waals surface area contributed by atoms with Crippen LogP contribution in [0, 0.1) is 0 Å². The van der Waals surface area contributed by atoms with Gasteiger partial charge >= 0.3 is 5.97 Å². The Hall–Kier alpha value is -1.86. The standard InChI is InChI=1S/C17H23NO5S.C2H6/c1-18-10-5-3-4-6-11-23-17(19)14-7-8-15-13(16(14)22-2)9-12-24(15,20)21;1-2/h7-9,12,18H,3-6,10-11H2,1-2H3;1-2H3. The Balaban J connectivity index is 0.00000163. The third-order valence-electron chi connectivity index (χ3n) is 3.85. The number of rotatable bonds is 9. The van der Waals surface area contributed by atoms with Gasteiger partial charge in [0.2, 0.25) is 9.84 Å². The Morgan fingerprint density at radius 3 is 2.46 bits per heavy atom. The molecule has 0 bridgehead atoms. The molecule has 1 aromatic carbocycles. The van der Waals surface area contributed by atoms with Crippen LogP contribution >= 0.6 is 0 Å². The van der Waals surface area contributed by atoms with Gasteiger partial charge in [0.05, 0.1) is 18.6 Å². The van der Waals surface area contributed by atoms with Gasteiger partial charge in [-0.1, -0.05) is 26.7 Å². The topological polar surface area (TPSA) is 81.7 Å². The molecule has 1 N–H and O–H groups in total. The Morgan fingerprint density at radius 2 is 1.81 bits per heavy atom. The number of methoxy groups -OCH3 is 1. The second kappa shape index (κ2) is 11.0. The highest BCUT2D eigenvalue weighted by Gasteiger charge is 2.27. The number of fused-ring (bicyclic) bond motifs is 1. The molecular weight excluding hydrogens is 354 g/mol. The summed E-state index contributed by atoms with van der Waals surface area (Å²) in [4.78, 5) is 12.4. The molecule has 0 amide bonds. The van der Waals surface area contributed by atoms with Crippen LogP contribution in [0.3, 0.4) is 0 Å². The second-order valence-corrected chi connectivity index (χ2v) is 7.36. The van der Waals surface area contributed by atoms with Crippen LogP contribution in [0.1, 0.15) is 55.5 Å². The maximum atomic E-state index is 12.2. The molecule has 0 aliphatic carbocycles. The number of nitrogens with one attached hydrogen (secondary N) is 1. The fourth-order valence-corrected chi connectivity index (χ4v) is 3.79. The monoisotopic (exact) mass is 383 g/mol. The SMILES string of the molecule is CC.CNCCCCCCOC(=O)c1ccc2c(c1OC)C=CS2(=O)=O. The van der Waals surface area contributed by atoms with E-state index in [1.807, 2.05) is 20.9 Å². The van der Waals surface area contributed by atoms with Crippen molar-refractivity contribution in [2.45, 2.75) is 44.4 Å². The van der Waals surface area contributed by atoms with Crippen LogP contribution in [0.15, 0.2) is 22.4 Å². The summed E-state index contributed by atoms with van der Waals surface area (Å²) >= 11 is 0. The Bertz CT molecular complexity index is 726. The average Bonchev–Trinajstić information content (AvgIpc) is 2.96. The van der Waals surface area contributed by atoms with E-state index in [0.29, 0.717) is 12.2 Å². The summed E-state index contributed by atoms with van der Waals surface area (Å²) in [6, 6.07) is 2.86. The maximum Gasteiger partial charge on any atom is 0.341 e. The van der Waals surface area contributed by atoms with Gasteiger partial charge in [-0.25, -0.2) is 13.2 Å². The molecule has 26 heavy (non-hydrogen) atoms. The quantitative estimate of drug-likeness (QED) is 0.520. The molecular formula is C19H29NO5S. The first kappa shape index (κ1) is 22.2. The summed E-state index contributed by atoms with van der Waals surface area (Å²) in [5.74, 6) is -0.258. The molecule has 1 aliphatic rings. The third-order valence-corrected chi connectivity index (χ3v) is 5.32. The number of hydrogen-bond acceptors (Lipinski definition) is 6. The Labute approximate surface area is 156 Å². The highest BCUT2D eigenvalue weighted by atomic mass is 32.2. The maximum absolute atomic E-state index is 12.2. The molecule has 0 saturated carbocycles. The molecule has 6 nitrogen and oxygen atoms in total. The summed E-state index contributed by atoms with van der Waals surface area (Å²) in [6.07, 6.45) is 5.43. The smallest absolute Gasteiger partial charge is 0.341 e. The molecule has 1 aromatic rings. The molecule has 0 aromatic heterocycles. The molecule has 2 rings (SSSR count). The third kappa shape index (κ3) is 5.57. The molecule has 146 valence electrons. The van der Waals surface area contributed by atoms with E-state index < -0.39 is 15.8 Å². The van der Waals surface area contributed by atoms with Crippen molar-refractivity contribution in [1.82, 2.24) is 5.32 Å². The number of unbranched alkanes of at least 4 members (excludes halogenated alkanes) is 3. The van der Waals surface area contributed by atoms with Crippen LogP contribution < -0.4 is 10.1 Å². The predicted molar refractivity (Wildman–Crippen MR) is 103 cm³/mol. The minimum Gasteiger partial charge on any atom is -0.495 e. The summed E-state index contributed by atoms with van der Waals surface area (Å²) in [7, 11) is -0.0980. The van der Waals surface area contributed by atoms with Crippen LogP contribution in [0.4, 0.5) is 0 Å². The van der Waals surface area contributed by atoms with Gasteiger partial charge in [0.1, 0.15) is 11.3 Å². The lowest BCUT2D eigenvalue weighted by Gasteiger charge is -2.12. The molecule has 7 heteroatoms. The highest BCUT2D eigenvalue weighted by molar-refractivity contribution is 7.94. The van der Waals surface area contributed by atoms with Gasteiger partial charge in [0, 0.05) is 11.0 Å². The van der Waals surface area contributed by atoms with Crippen molar-refractivity contribution < 1.29 is 22.7 Å². The van der Waals surface area contributed by atoms with Gasteiger partial charge in [-0.3, -0.25) is 0 Å². The van der Waals surface area contributed by atoms with Crippen molar-refractivity contribution in [3.63, 3.8) is 0 Å². The first-order valence-electron chi connectivity index (χ1n) is 8.97. The van der Waals surface area contributed by atoms with Crippen LogP contribution in [0.2, 0.25) is 0 Å². The molecule has 1 aliphatic heterocycles. The lowest BCUT2D eigenvalue weighted by atomic mass is 10.1. The van der Waals surface area contributed by atoms with Gasteiger partial charge in [-0.05, 0) is 44.6 Å². The fraction of sp³-hybridized carbons (Fsp3) is 0.526. The first-order valence-corrected chi connectivity index (χ1v) is 10.5. The van der Waals surface area contributed by atoms with Crippen LogP contribution in [-0.4, -0.2) is 41.7 Å². The van der Waals surface area contributed by atoms with Crippen LogP contribution in [0.25, 0.3) is 6.08 Å². The summed E-state index contributed by atoms with van der Waals surface area (Å²) in [5, 5.41) is 4.20.